The minimum absolute atomic E-state index is 0.194. The highest BCUT2D eigenvalue weighted by Gasteiger charge is 2.35. The van der Waals surface area contributed by atoms with Gasteiger partial charge >= 0.3 is 7.82 Å². The third kappa shape index (κ3) is 5.42. The Morgan fingerprint density at radius 1 is 0.586 bits per heavy atom. The Balaban J connectivity index is 2.00. The summed E-state index contributed by atoms with van der Waals surface area (Å²) in [6, 6.07) is 24.0. The number of phosphoric ester groups is 1. The number of benzene rings is 3. The quantitative estimate of drug-likeness (QED) is 0.359. The van der Waals surface area contributed by atoms with E-state index < -0.39 is 7.82 Å². The van der Waals surface area contributed by atoms with Crippen LogP contribution in [0.25, 0.3) is 0 Å². The number of phosphoric acid groups is 1. The van der Waals surface area contributed by atoms with Crippen molar-refractivity contribution >= 4 is 7.82 Å². The van der Waals surface area contributed by atoms with Gasteiger partial charge in [0.15, 0.2) is 0 Å². The van der Waals surface area contributed by atoms with Gasteiger partial charge in [-0.15, -0.1) is 0 Å². The molecule has 0 aromatic heterocycles. The predicted octanol–water partition coefficient (Wildman–Crippen LogP) is 7.58. The predicted molar refractivity (Wildman–Crippen MR) is 117 cm³/mol. The molecule has 0 unspecified atom stereocenters. The monoisotopic (exact) mass is 410 g/mol. The molecule has 152 valence electrons. The molecule has 3 aromatic rings. The van der Waals surface area contributed by atoms with Gasteiger partial charge in [0.1, 0.15) is 17.2 Å². The van der Waals surface area contributed by atoms with Gasteiger partial charge in [0, 0.05) is 0 Å². The summed E-state index contributed by atoms with van der Waals surface area (Å²) in [5.74, 6) is 1.78. The zero-order valence-corrected chi connectivity index (χ0v) is 18.1. The number of para-hydroxylation sites is 3. The van der Waals surface area contributed by atoms with E-state index in [9.17, 15) is 4.57 Å². The maximum atomic E-state index is 13.8. The lowest BCUT2D eigenvalue weighted by Gasteiger charge is -2.23. The largest absolute Gasteiger partial charge is 0.647 e. The summed E-state index contributed by atoms with van der Waals surface area (Å²) < 4.78 is 31.5. The van der Waals surface area contributed by atoms with Crippen LogP contribution in [0, 0.1) is 0 Å². The van der Waals surface area contributed by atoms with Gasteiger partial charge < -0.3 is 13.6 Å². The molecule has 0 radical (unpaired) electrons. The van der Waals surface area contributed by atoms with E-state index in [0.29, 0.717) is 17.2 Å². The molecular weight excluding hydrogens is 383 g/mol. The highest BCUT2D eigenvalue weighted by atomic mass is 31.2. The van der Waals surface area contributed by atoms with E-state index in [2.05, 4.69) is 27.7 Å². The van der Waals surface area contributed by atoms with Gasteiger partial charge in [-0.3, -0.25) is 0 Å². The first-order valence-corrected chi connectivity index (χ1v) is 11.3. The molecule has 4 nitrogen and oxygen atoms in total. The van der Waals surface area contributed by atoms with Crippen LogP contribution in [0.3, 0.4) is 0 Å². The smallest absolute Gasteiger partial charge is 0.386 e. The van der Waals surface area contributed by atoms with Gasteiger partial charge in [0.05, 0.1) is 0 Å². The molecule has 0 aliphatic heterocycles. The third-order valence-electron chi connectivity index (χ3n) is 4.46. The second-order valence-corrected chi connectivity index (χ2v) is 8.86. The molecule has 29 heavy (non-hydrogen) atoms. The van der Waals surface area contributed by atoms with Crippen LogP contribution in [0.5, 0.6) is 17.2 Å². The molecule has 0 saturated carbocycles. The molecule has 0 spiro atoms. The zero-order valence-electron chi connectivity index (χ0n) is 17.2. The van der Waals surface area contributed by atoms with Crippen LogP contribution in [0.2, 0.25) is 0 Å². The van der Waals surface area contributed by atoms with Gasteiger partial charge in [-0.05, 0) is 47.2 Å². The van der Waals surface area contributed by atoms with Crippen LogP contribution < -0.4 is 13.6 Å². The summed E-state index contributed by atoms with van der Waals surface area (Å²) >= 11 is 0. The van der Waals surface area contributed by atoms with Gasteiger partial charge in [0.25, 0.3) is 0 Å². The minimum Gasteiger partial charge on any atom is -0.386 e. The van der Waals surface area contributed by atoms with Gasteiger partial charge in [-0.1, -0.05) is 82.3 Å². The average Bonchev–Trinajstić information content (AvgIpc) is 2.69. The van der Waals surface area contributed by atoms with Gasteiger partial charge in [0.2, 0.25) is 0 Å². The Hall–Kier alpha value is -2.71. The Morgan fingerprint density at radius 2 is 1.00 bits per heavy atom. The normalized spacial score (nSPS) is 11.5. The van der Waals surface area contributed by atoms with Crippen LogP contribution >= 0.6 is 7.82 Å². The molecule has 0 atom stereocenters. The molecule has 0 aliphatic rings. The van der Waals surface area contributed by atoms with Crippen LogP contribution in [0.1, 0.15) is 50.7 Å². The van der Waals surface area contributed by atoms with Crippen molar-refractivity contribution in [2.75, 3.05) is 0 Å². The van der Waals surface area contributed by atoms with Crippen molar-refractivity contribution < 1.29 is 18.1 Å². The summed E-state index contributed by atoms with van der Waals surface area (Å²) in [4.78, 5) is 0. The minimum atomic E-state index is -4.02. The van der Waals surface area contributed by atoms with E-state index in [-0.39, 0.29) is 11.8 Å². The number of hydrogen-bond donors (Lipinski definition) is 0. The number of hydrogen-bond acceptors (Lipinski definition) is 4. The maximum absolute atomic E-state index is 13.8. The summed E-state index contributed by atoms with van der Waals surface area (Å²) in [6.45, 7) is 8.22. The Labute approximate surface area is 173 Å². The first kappa shape index (κ1) is 21.0. The van der Waals surface area contributed by atoms with Crippen LogP contribution in [0.4, 0.5) is 0 Å². The Kier molecular flexibility index (Phi) is 6.66. The van der Waals surface area contributed by atoms with Crippen molar-refractivity contribution in [2.45, 2.75) is 39.5 Å². The van der Waals surface area contributed by atoms with Crippen LogP contribution in [-0.2, 0) is 4.57 Å². The highest BCUT2D eigenvalue weighted by Crippen LogP contribution is 2.52. The fourth-order valence-electron chi connectivity index (χ4n) is 2.99. The van der Waals surface area contributed by atoms with Gasteiger partial charge in [-0.2, -0.15) is 4.57 Å². The van der Waals surface area contributed by atoms with Crippen molar-refractivity contribution in [3.63, 3.8) is 0 Å². The van der Waals surface area contributed by atoms with E-state index in [0.717, 1.165) is 11.1 Å². The van der Waals surface area contributed by atoms with E-state index in [1.165, 1.54) is 0 Å². The highest BCUT2D eigenvalue weighted by molar-refractivity contribution is 7.49. The fourth-order valence-corrected chi connectivity index (χ4v) is 4.29. The van der Waals surface area contributed by atoms with E-state index in [1.807, 2.05) is 54.6 Å². The molecule has 0 fully saturated rings. The molecule has 3 aromatic carbocycles. The van der Waals surface area contributed by atoms with E-state index in [4.69, 9.17) is 13.6 Å². The fraction of sp³-hybridized carbons (Fsp3) is 0.250. The summed E-state index contributed by atoms with van der Waals surface area (Å²) in [7, 11) is -4.02. The topological polar surface area (TPSA) is 44.8 Å². The number of rotatable bonds is 8. The molecular formula is C24H27O4P. The lowest BCUT2D eigenvalue weighted by atomic mass is 10.0. The molecule has 0 saturated heterocycles. The molecule has 0 amide bonds. The first-order chi connectivity index (χ1) is 13.9. The molecule has 0 N–H and O–H groups in total. The van der Waals surface area contributed by atoms with Crippen molar-refractivity contribution in [1.82, 2.24) is 0 Å². The summed E-state index contributed by atoms with van der Waals surface area (Å²) in [5.41, 5.74) is 1.87. The van der Waals surface area contributed by atoms with Crippen molar-refractivity contribution in [3.05, 3.63) is 90.0 Å². The zero-order chi connectivity index (χ0) is 20.9. The van der Waals surface area contributed by atoms with Crippen LogP contribution in [0.15, 0.2) is 78.9 Å². The second kappa shape index (κ2) is 9.19. The molecule has 5 heteroatoms. The van der Waals surface area contributed by atoms with Crippen molar-refractivity contribution in [2.24, 2.45) is 0 Å². The summed E-state index contributed by atoms with van der Waals surface area (Å²) in [6.07, 6.45) is 0. The Morgan fingerprint density at radius 3 is 1.45 bits per heavy atom. The van der Waals surface area contributed by atoms with Gasteiger partial charge in [-0.25, -0.2) is 0 Å². The van der Waals surface area contributed by atoms with E-state index in [1.54, 1.807) is 24.3 Å². The lowest BCUT2D eigenvalue weighted by Crippen LogP contribution is -2.10. The Bertz CT molecular complexity index is 925. The first-order valence-electron chi connectivity index (χ1n) is 9.79. The SMILES string of the molecule is CC(C)c1ccccc1OP(=O)(Oc1ccccc1)Oc1ccccc1C(C)C. The second-order valence-electron chi connectivity index (χ2n) is 7.42. The maximum Gasteiger partial charge on any atom is 0.647 e. The standard InChI is InChI=1S/C24H27O4P/c1-18(2)21-14-8-10-16-23(21)27-29(25,26-20-12-6-5-7-13-20)28-24-17-11-9-15-22(24)19(3)4/h5-19H,1-4H3. The lowest BCUT2D eigenvalue weighted by molar-refractivity contribution is 0.296. The summed E-state index contributed by atoms with van der Waals surface area (Å²) in [5, 5.41) is 0. The molecule has 0 heterocycles. The third-order valence-corrected chi connectivity index (χ3v) is 5.74. The van der Waals surface area contributed by atoms with Crippen molar-refractivity contribution in [1.29, 1.82) is 0 Å². The van der Waals surface area contributed by atoms with E-state index >= 15 is 0 Å². The van der Waals surface area contributed by atoms with Crippen molar-refractivity contribution in [3.8, 4) is 17.2 Å². The molecule has 0 bridgehead atoms. The van der Waals surface area contributed by atoms with Crippen LogP contribution in [-0.4, -0.2) is 0 Å². The average molecular weight is 410 g/mol. The molecule has 0 aliphatic carbocycles. The molecule has 3 rings (SSSR count).